The highest BCUT2D eigenvalue weighted by Crippen LogP contribution is 2.32. The molecule has 0 radical (unpaired) electrons. The van der Waals surface area contributed by atoms with E-state index in [4.69, 9.17) is 0 Å². The molecule has 1 atom stereocenters. The van der Waals surface area contributed by atoms with Crippen molar-refractivity contribution in [2.75, 3.05) is 6.54 Å². The van der Waals surface area contributed by atoms with E-state index < -0.39 is 10.0 Å². The van der Waals surface area contributed by atoms with Gasteiger partial charge in [-0.2, -0.15) is 0 Å². The topological polar surface area (TPSA) is 71.4 Å². The first-order chi connectivity index (χ1) is 13.9. The molecule has 0 spiro atoms. The molecule has 2 aromatic rings. The molecule has 1 aliphatic carbocycles. The molecular weight excluding hydrogens is 386 g/mol. The second-order valence-electron chi connectivity index (χ2n) is 8.28. The van der Waals surface area contributed by atoms with Crippen LogP contribution in [-0.4, -0.2) is 36.4 Å². The van der Waals surface area contributed by atoms with Gasteiger partial charge in [0.05, 0.1) is 10.9 Å². The first kappa shape index (κ1) is 20.2. The Morgan fingerprint density at radius 2 is 1.90 bits per heavy atom. The zero-order valence-corrected chi connectivity index (χ0v) is 17.9. The van der Waals surface area contributed by atoms with Gasteiger partial charge in [0.15, 0.2) is 0 Å². The van der Waals surface area contributed by atoms with E-state index in [1.807, 2.05) is 31.1 Å². The standard InChI is InChI=1S/C22H29N3O3S/c1-16-9-12-18(29(27,28)23-17-10-11-17)15-19(16)22(26)25-14-5-3-4-7-21(25)20-8-6-13-24(20)2/h6,8-9,12-13,15,17,21,23H,3-5,7,10-11,14H2,1-2H3. The minimum absolute atomic E-state index is 0.00857. The lowest BCUT2D eigenvalue weighted by molar-refractivity contribution is 0.0673. The van der Waals surface area contributed by atoms with Gasteiger partial charge >= 0.3 is 0 Å². The predicted molar refractivity (Wildman–Crippen MR) is 112 cm³/mol. The first-order valence-corrected chi connectivity index (χ1v) is 11.9. The van der Waals surface area contributed by atoms with Crippen molar-refractivity contribution in [1.82, 2.24) is 14.2 Å². The molecule has 1 saturated carbocycles. The Morgan fingerprint density at radius 1 is 1.10 bits per heavy atom. The fourth-order valence-corrected chi connectivity index (χ4v) is 5.45. The molecule has 1 aliphatic heterocycles. The quantitative estimate of drug-likeness (QED) is 0.812. The minimum atomic E-state index is -3.60. The maximum absolute atomic E-state index is 13.6. The van der Waals surface area contributed by atoms with Gasteiger partial charge in [0.25, 0.3) is 5.91 Å². The number of nitrogens with zero attached hydrogens (tertiary/aromatic N) is 2. The summed E-state index contributed by atoms with van der Waals surface area (Å²) in [6, 6.07) is 9.00. The van der Waals surface area contributed by atoms with Crippen molar-refractivity contribution in [3.63, 3.8) is 0 Å². The number of hydrogen-bond donors (Lipinski definition) is 1. The minimum Gasteiger partial charge on any atom is -0.353 e. The van der Waals surface area contributed by atoms with Crippen LogP contribution in [0, 0.1) is 6.92 Å². The molecule has 1 saturated heterocycles. The van der Waals surface area contributed by atoms with Gasteiger partial charge in [-0.15, -0.1) is 0 Å². The number of aryl methyl sites for hydroxylation is 2. The summed E-state index contributed by atoms with van der Waals surface area (Å²) in [7, 11) is -1.59. The summed E-state index contributed by atoms with van der Waals surface area (Å²) in [5, 5.41) is 0. The van der Waals surface area contributed by atoms with Crippen molar-refractivity contribution in [1.29, 1.82) is 0 Å². The Balaban J connectivity index is 1.68. The maximum atomic E-state index is 13.6. The fourth-order valence-electron chi connectivity index (χ4n) is 4.12. The molecule has 0 bridgehead atoms. The molecule has 29 heavy (non-hydrogen) atoms. The van der Waals surface area contributed by atoms with Gasteiger partial charge in [0.2, 0.25) is 10.0 Å². The van der Waals surface area contributed by atoms with Gasteiger partial charge in [-0.1, -0.05) is 18.9 Å². The van der Waals surface area contributed by atoms with E-state index in [1.165, 1.54) is 0 Å². The normalized spacial score (nSPS) is 20.5. The fraction of sp³-hybridized carbons (Fsp3) is 0.500. The third-order valence-electron chi connectivity index (χ3n) is 5.99. The summed E-state index contributed by atoms with van der Waals surface area (Å²) < 4.78 is 30.1. The molecule has 156 valence electrons. The van der Waals surface area contributed by atoms with Gasteiger partial charge in [-0.05, 0) is 62.4 Å². The third-order valence-corrected chi connectivity index (χ3v) is 7.51. The van der Waals surface area contributed by atoms with Crippen molar-refractivity contribution in [3.8, 4) is 0 Å². The Labute approximate surface area is 173 Å². The van der Waals surface area contributed by atoms with Crippen LogP contribution in [0.1, 0.15) is 66.2 Å². The van der Waals surface area contributed by atoms with E-state index in [1.54, 1.807) is 18.2 Å². The molecule has 1 aromatic heterocycles. The van der Waals surface area contributed by atoms with Crippen LogP contribution in [-0.2, 0) is 17.1 Å². The predicted octanol–water partition coefficient (Wildman–Crippen LogP) is 3.53. The third kappa shape index (κ3) is 4.26. The summed E-state index contributed by atoms with van der Waals surface area (Å²) in [6.07, 6.45) is 7.83. The summed E-state index contributed by atoms with van der Waals surface area (Å²) >= 11 is 0. The zero-order valence-electron chi connectivity index (χ0n) is 17.1. The Bertz CT molecular complexity index is 1010. The van der Waals surface area contributed by atoms with Gasteiger partial charge < -0.3 is 9.47 Å². The number of hydrogen-bond acceptors (Lipinski definition) is 3. The first-order valence-electron chi connectivity index (χ1n) is 10.4. The monoisotopic (exact) mass is 415 g/mol. The highest BCUT2D eigenvalue weighted by atomic mass is 32.2. The number of carbonyl (C=O) groups excluding carboxylic acids is 1. The Morgan fingerprint density at radius 3 is 2.59 bits per heavy atom. The molecule has 1 N–H and O–H groups in total. The Hall–Kier alpha value is -2.12. The lowest BCUT2D eigenvalue weighted by atomic mass is 10.0. The van der Waals surface area contributed by atoms with Gasteiger partial charge in [0, 0.05) is 37.1 Å². The molecular formula is C22H29N3O3S. The van der Waals surface area contributed by atoms with E-state index >= 15 is 0 Å². The molecule has 7 heteroatoms. The van der Waals surface area contributed by atoms with Crippen molar-refractivity contribution in [2.24, 2.45) is 7.05 Å². The highest BCUT2D eigenvalue weighted by molar-refractivity contribution is 7.89. The van der Waals surface area contributed by atoms with Crippen LogP contribution in [0.15, 0.2) is 41.4 Å². The lowest BCUT2D eigenvalue weighted by Crippen LogP contribution is -2.36. The number of amides is 1. The van der Waals surface area contributed by atoms with E-state index in [2.05, 4.69) is 15.4 Å². The van der Waals surface area contributed by atoms with Crippen LogP contribution < -0.4 is 4.72 Å². The van der Waals surface area contributed by atoms with Crippen molar-refractivity contribution in [2.45, 2.75) is 62.4 Å². The summed E-state index contributed by atoms with van der Waals surface area (Å²) in [5.74, 6) is -0.0842. The molecule has 2 fully saturated rings. The molecule has 4 rings (SSSR count). The number of rotatable bonds is 5. The second kappa shape index (κ2) is 7.95. The molecule has 1 aromatic carbocycles. The molecule has 2 heterocycles. The average molecular weight is 416 g/mol. The lowest BCUT2D eigenvalue weighted by Gasteiger charge is -2.31. The SMILES string of the molecule is Cc1ccc(S(=O)(=O)NC2CC2)cc1C(=O)N1CCCCCC1c1cccn1C. The molecule has 1 amide bonds. The van der Waals surface area contributed by atoms with Gasteiger partial charge in [-0.25, -0.2) is 13.1 Å². The van der Waals surface area contributed by atoms with Crippen molar-refractivity contribution >= 4 is 15.9 Å². The summed E-state index contributed by atoms with van der Waals surface area (Å²) in [5.41, 5.74) is 2.40. The summed E-state index contributed by atoms with van der Waals surface area (Å²) in [4.78, 5) is 15.7. The van der Waals surface area contributed by atoms with Crippen LogP contribution in [0.2, 0.25) is 0 Å². The average Bonchev–Trinajstić information content (AvgIpc) is 3.44. The van der Waals surface area contributed by atoms with Crippen LogP contribution in [0.25, 0.3) is 0 Å². The van der Waals surface area contributed by atoms with Crippen LogP contribution >= 0.6 is 0 Å². The molecule has 2 aliphatic rings. The highest BCUT2D eigenvalue weighted by Gasteiger charge is 2.32. The Kier molecular flexibility index (Phi) is 5.53. The zero-order chi connectivity index (χ0) is 20.6. The number of likely N-dealkylation sites (tertiary alicyclic amines) is 1. The van der Waals surface area contributed by atoms with Gasteiger partial charge in [-0.3, -0.25) is 4.79 Å². The van der Waals surface area contributed by atoms with Crippen LogP contribution in [0.5, 0.6) is 0 Å². The number of benzene rings is 1. The largest absolute Gasteiger partial charge is 0.353 e. The number of nitrogens with one attached hydrogen (secondary N) is 1. The molecule has 6 nitrogen and oxygen atoms in total. The van der Waals surface area contributed by atoms with E-state index in [0.717, 1.165) is 49.8 Å². The smallest absolute Gasteiger partial charge is 0.254 e. The number of carbonyl (C=O) groups is 1. The maximum Gasteiger partial charge on any atom is 0.254 e. The second-order valence-corrected chi connectivity index (χ2v) is 9.99. The van der Waals surface area contributed by atoms with Crippen molar-refractivity contribution in [3.05, 3.63) is 53.3 Å². The van der Waals surface area contributed by atoms with E-state index in [9.17, 15) is 13.2 Å². The van der Waals surface area contributed by atoms with E-state index in [-0.39, 0.29) is 22.9 Å². The number of sulfonamides is 1. The van der Waals surface area contributed by atoms with Crippen LogP contribution in [0.4, 0.5) is 0 Å². The summed E-state index contributed by atoms with van der Waals surface area (Å²) in [6.45, 7) is 2.55. The molecule has 1 unspecified atom stereocenters. The van der Waals surface area contributed by atoms with Gasteiger partial charge in [0.1, 0.15) is 0 Å². The number of aromatic nitrogens is 1. The van der Waals surface area contributed by atoms with Crippen molar-refractivity contribution < 1.29 is 13.2 Å². The van der Waals surface area contributed by atoms with E-state index in [0.29, 0.717) is 12.1 Å². The van der Waals surface area contributed by atoms with Crippen LogP contribution in [0.3, 0.4) is 0 Å².